The first-order chi connectivity index (χ1) is 20.3. The predicted octanol–water partition coefficient (Wildman–Crippen LogP) is 5.25. The first kappa shape index (κ1) is 31.7. The van der Waals surface area contributed by atoms with Crippen molar-refractivity contribution >= 4 is 51.3 Å². The van der Waals surface area contributed by atoms with Crippen LogP contribution in [0.5, 0.6) is 0 Å². The summed E-state index contributed by atoms with van der Waals surface area (Å²) in [6, 6.07) is 19.3. The number of carbonyl (C=O) groups is 2. The van der Waals surface area contributed by atoms with Gasteiger partial charge in [0.1, 0.15) is 5.60 Å². The van der Waals surface area contributed by atoms with Gasteiger partial charge in [-0.2, -0.15) is 4.41 Å². The number of alkyl carbamates (subject to hydrolysis) is 1. The monoisotopic (exact) mass is 624 g/mol. The van der Waals surface area contributed by atoms with E-state index in [2.05, 4.69) is 10.6 Å². The van der Waals surface area contributed by atoms with E-state index in [9.17, 15) is 23.1 Å². The Bertz CT molecular complexity index is 1750. The lowest BCUT2D eigenvalue weighted by Gasteiger charge is -2.24. The van der Waals surface area contributed by atoms with E-state index in [-0.39, 0.29) is 25.1 Å². The van der Waals surface area contributed by atoms with E-state index in [4.69, 9.17) is 16.3 Å². The second-order valence-electron chi connectivity index (χ2n) is 10.9. The van der Waals surface area contributed by atoms with Crippen LogP contribution in [0.3, 0.4) is 0 Å². The molecule has 12 heteroatoms. The summed E-state index contributed by atoms with van der Waals surface area (Å²) < 4.78 is 30.1. The van der Waals surface area contributed by atoms with Gasteiger partial charge in [0.2, 0.25) is 5.91 Å². The molecule has 1 atom stereocenters. The number of rotatable bonds is 9. The van der Waals surface area contributed by atoms with Crippen molar-refractivity contribution in [1.82, 2.24) is 15.3 Å². The van der Waals surface area contributed by atoms with Gasteiger partial charge in [0.25, 0.3) is 16.8 Å². The highest BCUT2D eigenvalue weighted by molar-refractivity contribution is 7.80. The van der Waals surface area contributed by atoms with Gasteiger partial charge in [-0.1, -0.05) is 54.1 Å². The van der Waals surface area contributed by atoms with Crippen molar-refractivity contribution in [3.8, 4) is 0 Å². The number of nitrogens with zero attached hydrogens (tertiary/aromatic N) is 2. The molecule has 0 spiro atoms. The van der Waals surface area contributed by atoms with Crippen LogP contribution in [0.4, 0.5) is 10.5 Å². The maximum atomic E-state index is 13.6. The molecule has 4 aromatic rings. The molecule has 1 aromatic heterocycles. The van der Waals surface area contributed by atoms with Crippen LogP contribution >= 0.6 is 11.6 Å². The molecule has 226 valence electrons. The fourth-order valence-electron chi connectivity index (χ4n) is 4.50. The number of aryl methyl sites for hydroxylation is 1. The van der Waals surface area contributed by atoms with Crippen LogP contribution < -0.4 is 20.6 Å². The Morgan fingerprint density at radius 3 is 2.42 bits per heavy atom. The number of ether oxygens (including phenoxy) is 1. The maximum absolute atomic E-state index is 13.6. The van der Waals surface area contributed by atoms with Crippen molar-refractivity contribution in [2.45, 2.75) is 52.8 Å². The van der Waals surface area contributed by atoms with Gasteiger partial charge in [0, 0.05) is 35.3 Å². The van der Waals surface area contributed by atoms with Crippen molar-refractivity contribution < 1.29 is 23.1 Å². The Morgan fingerprint density at radius 2 is 1.70 bits per heavy atom. The van der Waals surface area contributed by atoms with E-state index >= 15 is 0 Å². The minimum atomic E-state index is -2.60. The van der Waals surface area contributed by atoms with Crippen LogP contribution in [-0.2, 0) is 40.3 Å². The van der Waals surface area contributed by atoms with Gasteiger partial charge < -0.3 is 15.4 Å². The van der Waals surface area contributed by atoms with E-state index in [0.717, 1.165) is 20.0 Å². The summed E-state index contributed by atoms with van der Waals surface area (Å²) >= 11 is 3.59. The number of halogens is 1. The van der Waals surface area contributed by atoms with Crippen LogP contribution in [0.25, 0.3) is 10.8 Å². The molecule has 0 aliphatic carbocycles. The highest BCUT2D eigenvalue weighted by atomic mass is 35.5. The van der Waals surface area contributed by atoms with E-state index < -0.39 is 34.4 Å². The molecule has 2 amide bonds. The third-order valence-corrected chi connectivity index (χ3v) is 7.43. The fourth-order valence-corrected chi connectivity index (χ4v) is 5.30. The molecule has 0 saturated carbocycles. The number of hydrogen-bond donors (Lipinski definition) is 3. The van der Waals surface area contributed by atoms with Crippen molar-refractivity contribution in [3.05, 3.63) is 111 Å². The molecule has 3 aromatic carbocycles. The number of nitrogens with one attached hydrogen (secondary N) is 2. The third-order valence-electron chi connectivity index (χ3n) is 6.53. The van der Waals surface area contributed by atoms with Gasteiger partial charge in [-0.05, 0) is 74.0 Å². The average Bonchev–Trinajstić information content (AvgIpc) is 2.94. The Balaban J connectivity index is 1.54. The third kappa shape index (κ3) is 8.01. The molecule has 0 aliphatic rings. The largest absolute Gasteiger partial charge is 0.444 e. The average molecular weight is 625 g/mol. The van der Waals surface area contributed by atoms with E-state index in [1.807, 2.05) is 18.2 Å². The van der Waals surface area contributed by atoms with Gasteiger partial charge in [-0.15, -0.1) is 0 Å². The molecule has 1 unspecified atom stereocenters. The molecule has 1 heterocycles. The second kappa shape index (κ2) is 13.4. The van der Waals surface area contributed by atoms with E-state index in [0.29, 0.717) is 27.2 Å². The highest BCUT2D eigenvalue weighted by Gasteiger charge is 2.22. The second-order valence-corrected chi connectivity index (χ2v) is 12.1. The van der Waals surface area contributed by atoms with Crippen molar-refractivity contribution in [2.75, 3.05) is 4.41 Å². The molecule has 0 radical (unpaired) electrons. The van der Waals surface area contributed by atoms with Gasteiger partial charge in [0.05, 0.1) is 12.1 Å². The van der Waals surface area contributed by atoms with Crippen LogP contribution in [0.1, 0.15) is 43.0 Å². The standard InChI is InChI=1S/C31H33ClN4O6S/c1-20-14-15-35(36(43(40)41)27-11-7-9-21-8-5-6-10-25(21)27)29(38)26(20)17-28(37)33-19-23-16-24(32)13-12-22(23)18-34-30(39)42-31(2,3)4/h5-16H,17-19H2,1-4H3,(H,33,37)(H,34,39)(H,40,41). The van der Waals surface area contributed by atoms with Crippen molar-refractivity contribution in [3.63, 3.8) is 0 Å². The topological polar surface area (TPSA) is 130 Å². The molecule has 10 nitrogen and oxygen atoms in total. The molecule has 4 rings (SSSR count). The summed E-state index contributed by atoms with van der Waals surface area (Å²) in [7, 11) is 0. The lowest BCUT2D eigenvalue weighted by Crippen LogP contribution is -2.41. The molecule has 3 N–H and O–H groups in total. The van der Waals surface area contributed by atoms with Gasteiger partial charge in [-0.25, -0.2) is 13.7 Å². The highest BCUT2D eigenvalue weighted by Crippen LogP contribution is 2.27. The minimum Gasteiger partial charge on any atom is -0.444 e. The van der Waals surface area contributed by atoms with Crippen LogP contribution in [0, 0.1) is 6.92 Å². The Labute approximate surface area is 257 Å². The molecule has 0 saturated heterocycles. The first-order valence-electron chi connectivity index (χ1n) is 13.4. The normalized spacial score (nSPS) is 12.0. The minimum absolute atomic E-state index is 0.0909. The van der Waals surface area contributed by atoms with E-state index in [1.54, 1.807) is 76.2 Å². The summed E-state index contributed by atoms with van der Waals surface area (Å²) in [6.45, 7) is 7.25. The van der Waals surface area contributed by atoms with Gasteiger partial charge in [0.15, 0.2) is 0 Å². The summed E-state index contributed by atoms with van der Waals surface area (Å²) in [5.41, 5.74) is 1.25. The first-order valence-corrected chi connectivity index (χ1v) is 14.9. The van der Waals surface area contributed by atoms with Gasteiger partial charge in [-0.3, -0.25) is 14.1 Å². The number of pyridine rings is 1. The van der Waals surface area contributed by atoms with Crippen LogP contribution in [0.2, 0.25) is 5.02 Å². The number of hydrogen-bond acceptors (Lipinski definition) is 5. The number of amides is 2. The summed E-state index contributed by atoms with van der Waals surface area (Å²) in [5, 5.41) is 7.47. The Kier molecular flexibility index (Phi) is 9.90. The fraction of sp³-hybridized carbons (Fsp3) is 0.258. The smallest absolute Gasteiger partial charge is 0.407 e. The zero-order valence-corrected chi connectivity index (χ0v) is 25.8. The SMILES string of the molecule is Cc1ccn(N(c2cccc3ccccc23)S(=O)O)c(=O)c1CC(=O)NCc1cc(Cl)ccc1CNC(=O)OC(C)(C)C. The quantitative estimate of drug-likeness (QED) is 0.218. The number of benzene rings is 3. The van der Waals surface area contributed by atoms with Crippen LogP contribution in [-0.4, -0.2) is 31.0 Å². The summed E-state index contributed by atoms with van der Waals surface area (Å²) in [4.78, 5) is 38.8. The van der Waals surface area contributed by atoms with Crippen molar-refractivity contribution in [2.24, 2.45) is 0 Å². The van der Waals surface area contributed by atoms with Crippen molar-refractivity contribution in [1.29, 1.82) is 0 Å². The molecular formula is C31H33ClN4O6S. The summed E-state index contributed by atoms with van der Waals surface area (Å²) in [5.74, 6) is -0.439. The molecular weight excluding hydrogens is 592 g/mol. The zero-order valence-electron chi connectivity index (χ0n) is 24.2. The predicted molar refractivity (Wildman–Crippen MR) is 168 cm³/mol. The molecule has 43 heavy (non-hydrogen) atoms. The Hall–Kier alpha value is -4.19. The lowest BCUT2D eigenvalue weighted by molar-refractivity contribution is -0.120. The molecule has 0 aliphatic heterocycles. The zero-order chi connectivity index (χ0) is 31.3. The number of carbonyl (C=O) groups excluding carboxylic acids is 2. The molecule has 0 fully saturated rings. The lowest BCUT2D eigenvalue weighted by atomic mass is 10.1. The van der Waals surface area contributed by atoms with E-state index in [1.165, 1.54) is 6.20 Å². The number of fused-ring (bicyclic) bond motifs is 1. The van der Waals surface area contributed by atoms with Gasteiger partial charge >= 0.3 is 6.09 Å². The number of aromatic nitrogens is 1. The summed E-state index contributed by atoms with van der Waals surface area (Å²) in [6.07, 6.45) is 0.568. The Morgan fingerprint density at radius 1 is 1.00 bits per heavy atom. The van der Waals surface area contributed by atoms with Crippen LogP contribution in [0.15, 0.2) is 77.7 Å². The maximum Gasteiger partial charge on any atom is 0.407 e. The molecule has 0 bridgehead atoms. The number of anilines is 1.